The van der Waals surface area contributed by atoms with Gasteiger partial charge in [-0.3, -0.25) is 14.4 Å². The Morgan fingerprint density at radius 1 is 0.774 bits per heavy atom. The lowest BCUT2D eigenvalue weighted by molar-refractivity contribution is -0.126. The van der Waals surface area contributed by atoms with E-state index >= 15 is 0 Å². The van der Waals surface area contributed by atoms with Crippen LogP contribution in [-0.4, -0.2) is 55.8 Å². The summed E-state index contributed by atoms with van der Waals surface area (Å²) in [6, 6.07) is 20.9. The molecule has 0 bridgehead atoms. The third-order valence-electron chi connectivity index (χ3n) is 11.2. The van der Waals surface area contributed by atoms with Gasteiger partial charge in [-0.2, -0.15) is 0 Å². The molecule has 12 heteroatoms. The number of para-hydroxylation sites is 2. The average Bonchev–Trinajstić information content (AvgIpc) is 3.66. The van der Waals surface area contributed by atoms with Crippen molar-refractivity contribution in [1.82, 2.24) is 30.6 Å². The fourth-order valence-corrected chi connectivity index (χ4v) is 8.44. The molecular formula is C41H51N9O3. The molecule has 53 heavy (non-hydrogen) atoms. The van der Waals surface area contributed by atoms with Gasteiger partial charge in [-0.1, -0.05) is 55.5 Å². The number of carbonyl (C=O) groups excluding carboxylic acids is 3. The Kier molecular flexibility index (Phi) is 10.9. The summed E-state index contributed by atoms with van der Waals surface area (Å²) >= 11 is 0. The molecular weight excluding hydrogens is 667 g/mol. The van der Waals surface area contributed by atoms with E-state index in [9.17, 15) is 14.4 Å². The molecule has 0 radical (unpaired) electrons. The van der Waals surface area contributed by atoms with Crippen LogP contribution in [0.4, 0.5) is 17.2 Å². The minimum atomic E-state index is -0.0307. The van der Waals surface area contributed by atoms with Crippen LogP contribution < -0.4 is 25.8 Å². The van der Waals surface area contributed by atoms with E-state index in [0.29, 0.717) is 31.1 Å². The number of hydrogen-bond donors (Lipinski definition) is 3. The van der Waals surface area contributed by atoms with Crippen LogP contribution in [0.15, 0.2) is 73.1 Å². The number of hydrogen-bond acceptors (Lipinski definition) is 8. The van der Waals surface area contributed by atoms with Gasteiger partial charge in [0.2, 0.25) is 17.7 Å². The van der Waals surface area contributed by atoms with Gasteiger partial charge >= 0.3 is 0 Å². The van der Waals surface area contributed by atoms with Crippen LogP contribution in [0.3, 0.4) is 0 Å². The highest BCUT2D eigenvalue weighted by Crippen LogP contribution is 2.40. The first-order chi connectivity index (χ1) is 25.7. The number of carbonyl (C=O) groups is 3. The van der Waals surface area contributed by atoms with E-state index in [1.54, 1.807) is 10.9 Å². The summed E-state index contributed by atoms with van der Waals surface area (Å²) in [6.45, 7) is 8.35. The SMILES string of the molecule is CCC(=O)N1c2ccccc2[C@@H](Nc2ccc(-n3cc(CNC(=O)C4CCC(N[C@@H]5C[C@H](C)N(C(=O)CC)c6ccccc65)CC4)nn3)cn2)C[C@H]1C. The molecule has 4 atom stereocenters. The lowest BCUT2D eigenvalue weighted by Gasteiger charge is -2.41. The monoisotopic (exact) mass is 717 g/mol. The molecule has 4 aromatic rings. The molecule has 2 aromatic carbocycles. The molecule has 278 valence electrons. The van der Waals surface area contributed by atoms with Crippen LogP contribution in [0.25, 0.3) is 5.69 Å². The summed E-state index contributed by atoms with van der Waals surface area (Å²) in [6.07, 6.45) is 9.70. The number of amides is 3. The van der Waals surface area contributed by atoms with Gasteiger partial charge in [0.25, 0.3) is 0 Å². The van der Waals surface area contributed by atoms with E-state index in [4.69, 9.17) is 0 Å². The molecule has 4 heterocycles. The first-order valence-electron chi connectivity index (χ1n) is 19.2. The van der Waals surface area contributed by atoms with E-state index in [0.717, 1.165) is 67.0 Å². The Morgan fingerprint density at radius 2 is 1.38 bits per heavy atom. The Bertz CT molecular complexity index is 1920. The number of aromatic nitrogens is 4. The van der Waals surface area contributed by atoms with Gasteiger partial charge in [-0.05, 0) is 87.8 Å². The minimum absolute atomic E-state index is 0.0245. The quantitative estimate of drug-likeness (QED) is 0.172. The van der Waals surface area contributed by atoms with Crippen molar-refractivity contribution in [1.29, 1.82) is 0 Å². The fourth-order valence-electron chi connectivity index (χ4n) is 8.44. The number of nitrogens with one attached hydrogen (secondary N) is 3. The van der Waals surface area contributed by atoms with Gasteiger partial charge in [-0.15, -0.1) is 5.10 Å². The highest BCUT2D eigenvalue weighted by atomic mass is 16.2. The van der Waals surface area contributed by atoms with Crippen LogP contribution in [0.2, 0.25) is 0 Å². The minimum Gasteiger partial charge on any atom is -0.363 e. The third kappa shape index (κ3) is 7.69. The number of fused-ring (bicyclic) bond motifs is 2. The third-order valence-corrected chi connectivity index (χ3v) is 11.2. The summed E-state index contributed by atoms with van der Waals surface area (Å²) in [5.41, 5.74) is 5.68. The predicted octanol–water partition coefficient (Wildman–Crippen LogP) is 6.39. The van der Waals surface area contributed by atoms with E-state index < -0.39 is 0 Å². The number of pyridine rings is 1. The number of rotatable bonds is 10. The van der Waals surface area contributed by atoms with Crippen molar-refractivity contribution in [3.8, 4) is 5.69 Å². The van der Waals surface area contributed by atoms with Crippen molar-refractivity contribution in [3.05, 3.63) is 89.9 Å². The first-order valence-corrected chi connectivity index (χ1v) is 19.2. The Hall–Kier alpha value is -5.10. The van der Waals surface area contributed by atoms with Crippen molar-refractivity contribution < 1.29 is 14.4 Å². The van der Waals surface area contributed by atoms with E-state index in [1.807, 2.05) is 72.3 Å². The predicted molar refractivity (Wildman–Crippen MR) is 206 cm³/mol. The highest BCUT2D eigenvalue weighted by molar-refractivity contribution is 5.96. The highest BCUT2D eigenvalue weighted by Gasteiger charge is 2.36. The van der Waals surface area contributed by atoms with E-state index in [-0.39, 0.29) is 47.8 Å². The molecule has 0 unspecified atom stereocenters. The van der Waals surface area contributed by atoms with Gasteiger partial charge < -0.3 is 25.8 Å². The van der Waals surface area contributed by atoms with Gasteiger partial charge in [0.1, 0.15) is 11.5 Å². The standard InChI is InChI=1S/C41H51N9O3/c1-5-39(51)49-26(3)21-34(32-11-7-9-13-36(32)49)44-29-17-15-28(16-18-29)41(53)43-23-30-25-48(47-46-30)31-19-20-38(42-24-31)45-35-22-27(4)50(40(52)6-2)37-14-10-8-12-33(35)37/h7-14,19-20,24-29,34-35,44H,5-6,15-18,21-23H2,1-4H3,(H,42,45)(H,43,53)/t26-,27+,28?,29?,34+,35-/m0/s1. The summed E-state index contributed by atoms with van der Waals surface area (Å²) in [4.78, 5) is 47.2. The van der Waals surface area contributed by atoms with Crippen LogP contribution >= 0.6 is 0 Å². The maximum Gasteiger partial charge on any atom is 0.226 e. The van der Waals surface area contributed by atoms with E-state index in [1.165, 1.54) is 5.56 Å². The number of nitrogens with zero attached hydrogens (tertiary/aromatic N) is 6. The summed E-state index contributed by atoms with van der Waals surface area (Å²) in [5, 5.41) is 19.1. The van der Waals surface area contributed by atoms with Gasteiger partial charge in [0, 0.05) is 54.3 Å². The fraction of sp³-hybridized carbons (Fsp3) is 0.463. The zero-order valence-electron chi connectivity index (χ0n) is 31.2. The topological polar surface area (TPSA) is 137 Å². The van der Waals surface area contributed by atoms with Crippen LogP contribution in [0, 0.1) is 5.92 Å². The molecule has 12 nitrogen and oxygen atoms in total. The molecule has 0 saturated heterocycles. The molecule has 1 saturated carbocycles. The summed E-state index contributed by atoms with van der Waals surface area (Å²) in [5.74, 6) is 1.05. The maximum absolute atomic E-state index is 13.2. The lowest BCUT2D eigenvalue weighted by atomic mass is 9.83. The zero-order chi connectivity index (χ0) is 37.1. The summed E-state index contributed by atoms with van der Waals surface area (Å²) < 4.78 is 1.67. The number of anilines is 3. The second kappa shape index (κ2) is 15.9. The van der Waals surface area contributed by atoms with Crippen molar-refractivity contribution in [3.63, 3.8) is 0 Å². The largest absolute Gasteiger partial charge is 0.363 e. The first kappa shape index (κ1) is 36.3. The molecule has 3 aliphatic rings. The van der Waals surface area contributed by atoms with Crippen molar-refractivity contribution >= 4 is 34.9 Å². The number of benzene rings is 2. The van der Waals surface area contributed by atoms with Crippen molar-refractivity contribution in [2.45, 2.75) is 116 Å². The molecule has 1 fully saturated rings. The molecule has 0 spiro atoms. The van der Waals surface area contributed by atoms with Gasteiger partial charge in [0.15, 0.2) is 0 Å². The summed E-state index contributed by atoms with van der Waals surface area (Å²) in [7, 11) is 0. The molecule has 7 rings (SSSR count). The molecule has 1 aliphatic carbocycles. The van der Waals surface area contributed by atoms with Gasteiger partial charge in [-0.25, -0.2) is 9.67 Å². The zero-order valence-corrected chi connectivity index (χ0v) is 31.2. The second-order valence-corrected chi connectivity index (χ2v) is 14.8. The normalized spacial score (nSPS) is 23.8. The molecule has 2 aliphatic heterocycles. The van der Waals surface area contributed by atoms with Crippen molar-refractivity contribution in [2.24, 2.45) is 5.92 Å². The maximum atomic E-state index is 13.2. The molecule has 3 N–H and O–H groups in total. The van der Waals surface area contributed by atoms with Crippen LogP contribution in [0.1, 0.15) is 108 Å². The van der Waals surface area contributed by atoms with Crippen LogP contribution in [0.5, 0.6) is 0 Å². The molecule has 3 amide bonds. The lowest BCUT2D eigenvalue weighted by Crippen LogP contribution is -2.47. The smallest absolute Gasteiger partial charge is 0.226 e. The average molecular weight is 718 g/mol. The Balaban J connectivity index is 0.894. The Labute approximate surface area is 311 Å². The van der Waals surface area contributed by atoms with Crippen LogP contribution in [-0.2, 0) is 20.9 Å². The van der Waals surface area contributed by atoms with E-state index in [2.05, 4.69) is 63.3 Å². The molecule has 2 aromatic heterocycles. The van der Waals surface area contributed by atoms with Crippen molar-refractivity contribution in [2.75, 3.05) is 15.1 Å². The Morgan fingerprint density at radius 3 is 1.98 bits per heavy atom. The second-order valence-electron chi connectivity index (χ2n) is 14.8. The van der Waals surface area contributed by atoms with Gasteiger partial charge in [0.05, 0.1) is 30.7 Å².